The highest BCUT2D eigenvalue weighted by Gasteiger charge is 2.28. The summed E-state index contributed by atoms with van der Waals surface area (Å²) in [6.45, 7) is 0.0870. The highest BCUT2D eigenvalue weighted by Crippen LogP contribution is 2.21. The Balaban J connectivity index is 4.15. The van der Waals surface area contributed by atoms with E-state index in [1.165, 1.54) is 7.05 Å². The Morgan fingerprint density at radius 3 is 2.35 bits per heavy atom. The summed E-state index contributed by atoms with van der Waals surface area (Å²) in [6.07, 6.45) is -5.66. The summed E-state index contributed by atoms with van der Waals surface area (Å²) < 4.78 is 59.5. The van der Waals surface area contributed by atoms with Crippen LogP contribution in [0.15, 0.2) is 0 Å². The lowest BCUT2D eigenvalue weighted by Gasteiger charge is -2.16. The third kappa shape index (κ3) is 8.33. The number of thiocarbonyl (C=S) groups is 1. The zero-order chi connectivity index (χ0) is 13.7. The van der Waals surface area contributed by atoms with Crippen LogP contribution in [0, 0.1) is 0 Å². The molecule has 0 radical (unpaired) electrons. The molecule has 4 nitrogen and oxygen atoms in total. The van der Waals surface area contributed by atoms with Crippen LogP contribution in [0.3, 0.4) is 0 Å². The van der Waals surface area contributed by atoms with Gasteiger partial charge in [-0.3, -0.25) is 0 Å². The summed E-state index contributed by atoms with van der Waals surface area (Å²) in [7, 11) is -2.37. The van der Waals surface area contributed by atoms with Crippen LogP contribution < -0.4 is 5.73 Å². The highest BCUT2D eigenvalue weighted by molar-refractivity contribution is 7.89. The van der Waals surface area contributed by atoms with Crippen LogP contribution in [0.4, 0.5) is 13.2 Å². The third-order valence-corrected chi connectivity index (χ3v) is 4.15. The van der Waals surface area contributed by atoms with Gasteiger partial charge in [0.15, 0.2) is 0 Å². The normalized spacial score (nSPS) is 13.0. The molecule has 0 heterocycles. The van der Waals surface area contributed by atoms with Gasteiger partial charge in [0.1, 0.15) is 0 Å². The van der Waals surface area contributed by atoms with Crippen molar-refractivity contribution in [2.75, 3.05) is 19.3 Å². The number of hydrogen-bond donors (Lipinski definition) is 1. The second-order valence-electron chi connectivity index (χ2n) is 3.57. The average Bonchev–Trinajstić information content (AvgIpc) is 2.11. The molecular formula is C8H15F3N2O2S2. The van der Waals surface area contributed by atoms with Gasteiger partial charge in [-0.15, -0.1) is 0 Å². The molecule has 0 bridgehead atoms. The molecule has 0 aromatic carbocycles. The summed E-state index contributed by atoms with van der Waals surface area (Å²) in [6, 6.07) is 0. The quantitative estimate of drug-likeness (QED) is 0.718. The molecule has 102 valence electrons. The Hall–Kier alpha value is -0.410. The number of rotatable bonds is 7. The molecule has 0 aliphatic carbocycles. The molecule has 0 aliphatic rings. The zero-order valence-electron chi connectivity index (χ0n) is 9.33. The monoisotopic (exact) mass is 292 g/mol. The molecule has 9 heteroatoms. The van der Waals surface area contributed by atoms with E-state index >= 15 is 0 Å². The maximum atomic E-state index is 11.8. The van der Waals surface area contributed by atoms with E-state index in [9.17, 15) is 21.6 Å². The first-order valence-electron chi connectivity index (χ1n) is 4.83. The van der Waals surface area contributed by atoms with Crippen molar-refractivity contribution in [3.63, 3.8) is 0 Å². The number of alkyl halides is 3. The van der Waals surface area contributed by atoms with Crippen LogP contribution >= 0.6 is 12.2 Å². The van der Waals surface area contributed by atoms with E-state index < -0.39 is 34.8 Å². The number of halogens is 3. The van der Waals surface area contributed by atoms with Crippen LogP contribution in [0.25, 0.3) is 0 Å². The maximum absolute atomic E-state index is 11.8. The second kappa shape index (κ2) is 6.50. The smallest absolute Gasteiger partial charge is 0.389 e. The van der Waals surface area contributed by atoms with Gasteiger partial charge in [0.2, 0.25) is 10.0 Å². The highest BCUT2D eigenvalue weighted by atomic mass is 32.2. The van der Waals surface area contributed by atoms with Crippen molar-refractivity contribution in [2.45, 2.75) is 25.4 Å². The average molecular weight is 292 g/mol. The summed E-state index contributed by atoms with van der Waals surface area (Å²) in [4.78, 5) is 0.169. The van der Waals surface area contributed by atoms with Gasteiger partial charge in [-0.1, -0.05) is 12.2 Å². The first kappa shape index (κ1) is 16.6. The van der Waals surface area contributed by atoms with Gasteiger partial charge in [-0.05, 0) is 6.42 Å². The number of nitrogens with two attached hydrogens (primary N) is 1. The Labute approximate surface area is 104 Å². The van der Waals surface area contributed by atoms with Gasteiger partial charge in [-0.25, -0.2) is 12.7 Å². The molecule has 0 amide bonds. The van der Waals surface area contributed by atoms with Crippen molar-refractivity contribution in [3.05, 3.63) is 0 Å². The molecule has 0 atom stereocenters. The molecule has 0 aromatic heterocycles. The van der Waals surface area contributed by atoms with E-state index in [2.05, 4.69) is 12.2 Å². The van der Waals surface area contributed by atoms with E-state index in [0.29, 0.717) is 0 Å². The Morgan fingerprint density at radius 1 is 1.41 bits per heavy atom. The molecular weight excluding hydrogens is 277 g/mol. The van der Waals surface area contributed by atoms with Crippen LogP contribution in [0.1, 0.15) is 19.3 Å². The minimum Gasteiger partial charge on any atom is -0.393 e. The van der Waals surface area contributed by atoms with Crippen LogP contribution in [0.5, 0.6) is 0 Å². The van der Waals surface area contributed by atoms with Crippen molar-refractivity contribution in [3.8, 4) is 0 Å². The molecule has 0 unspecified atom stereocenters. The van der Waals surface area contributed by atoms with Gasteiger partial charge in [-0.2, -0.15) is 13.2 Å². The van der Waals surface area contributed by atoms with Crippen molar-refractivity contribution >= 4 is 27.2 Å². The van der Waals surface area contributed by atoms with Gasteiger partial charge in [0, 0.05) is 26.4 Å². The lowest BCUT2D eigenvalue weighted by Crippen LogP contribution is -2.32. The molecule has 0 rings (SSSR count). The number of sulfonamides is 1. The minimum atomic E-state index is -4.33. The predicted molar refractivity (Wildman–Crippen MR) is 63.1 cm³/mol. The maximum Gasteiger partial charge on any atom is 0.389 e. The van der Waals surface area contributed by atoms with Crippen LogP contribution in [-0.4, -0.2) is 43.2 Å². The van der Waals surface area contributed by atoms with Crippen molar-refractivity contribution in [2.24, 2.45) is 5.73 Å². The van der Waals surface area contributed by atoms with Gasteiger partial charge < -0.3 is 5.73 Å². The Morgan fingerprint density at radius 2 is 1.94 bits per heavy atom. The summed E-state index contributed by atoms with van der Waals surface area (Å²) >= 11 is 4.58. The first-order chi connectivity index (χ1) is 7.54. The summed E-state index contributed by atoms with van der Waals surface area (Å²) in [5, 5.41) is 0. The largest absolute Gasteiger partial charge is 0.393 e. The Kier molecular flexibility index (Phi) is 6.35. The second-order valence-corrected chi connectivity index (χ2v) is 6.29. The fourth-order valence-corrected chi connectivity index (χ4v) is 2.30. The van der Waals surface area contributed by atoms with E-state index in [-0.39, 0.29) is 18.0 Å². The standard InChI is InChI=1S/C8H15F3N2O2S2/c1-13(5-3-7(12)16)17(14,15)6-2-4-8(9,10)11/h2-6H2,1H3,(H2,12,16). The fraction of sp³-hybridized carbons (Fsp3) is 0.875. The van der Waals surface area contributed by atoms with Crippen molar-refractivity contribution < 1.29 is 21.6 Å². The van der Waals surface area contributed by atoms with Gasteiger partial charge in [0.25, 0.3) is 0 Å². The molecule has 0 aromatic rings. The third-order valence-electron chi connectivity index (χ3n) is 2.01. The molecule has 2 N–H and O–H groups in total. The fourth-order valence-electron chi connectivity index (χ4n) is 1.02. The zero-order valence-corrected chi connectivity index (χ0v) is 11.0. The lowest BCUT2D eigenvalue weighted by atomic mass is 10.3. The first-order valence-corrected chi connectivity index (χ1v) is 6.85. The van der Waals surface area contributed by atoms with Crippen LogP contribution in [-0.2, 0) is 10.0 Å². The van der Waals surface area contributed by atoms with E-state index in [1.54, 1.807) is 0 Å². The number of nitrogens with zero attached hydrogens (tertiary/aromatic N) is 1. The van der Waals surface area contributed by atoms with E-state index in [4.69, 9.17) is 5.73 Å². The van der Waals surface area contributed by atoms with Crippen molar-refractivity contribution in [1.29, 1.82) is 0 Å². The van der Waals surface area contributed by atoms with Crippen LogP contribution in [0.2, 0.25) is 0 Å². The number of hydrogen-bond acceptors (Lipinski definition) is 3. The van der Waals surface area contributed by atoms with Gasteiger partial charge >= 0.3 is 6.18 Å². The Bertz CT molecular complexity index is 354. The molecule has 0 aliphatic heterocycles. The van der Waals surface area contributed by atoms with E-state index in [1.807, 2.05) is 0 Å². The summed E-state index contributed by atoms with van der Waals surface area (Å²) in [5.41, 5.74) is 5.20. The topological polar surface area (TPSA) is 63.4 Å². The minimum absolute atomic E-state index is 0.0870. The van der Waals surface area contributed by atoms with Gasteiger partial charge in [0.05, 0.1) is 10.7 Å². The SMILES string of the molecule is CN(CCC(N)=S)S(=O)(=O)CCCC(F)(F)F. The molecule has 0 spiro atoms. The molecule has 17 heavy (non-hydrogen) atoms. The molecule has 0 fully saturated rings. The predicted octanol–water partition coefficient (Wildman–Crippen LogP) is 1.27. The molecule has 0 saturated carbocycles. The van der Waals surface area contributed by atoms with Crippen molar-refractivity contribution in [1.82, 2.24) is 4.31 Å². The lowest BCUT2D eigenvalue weighted by molar-refractivity contribution is -0.134. The molecule has 0 saturated heterocycles. The van der Waals surface area contributed by atoms with E-state index in [0.717, 1.165) is 4.31 Å². The summed E-state index contributed by atoms with van der Waals surface area (Å²) in [5.74, 6) is -0.527.